The molecule has 2 aliphatic heterocycles. The summed E-state index contributed by atoms with van der Waals surface area (Å²) < 4.78 is 5.51. The molecule has 4 rings (SSSR count). The summed E-state index contributed by atoms with van der Waals surface area (Å²) in [4.78, 5) is 28.0. The van der Waals surface area contributed by atoms with Crippen LogP contribution in [0.25, 0.3) is 0 Å². The van der Waals surface area contributed by atoms with Gasteiger partial charge in [-0.3, -0.25) is 9.69 Å². The van der Waals surface area contributed by atoms with Gasteiger partial charge >= 0.3 is 6.03 Å². The number of hydrogen-bond acceptors (Lipinski definition) is 4. The van der Waals surface area contributed by atoms with E-state index < -0.39 is 0 Å². The van der Waals surface area contributed by atoms with Crippen LogP contribution in [0.1, 0.15) is 23.5 Å². The molecule has 0 aromatic heterocycles. The van der Waals surface area contributed by atoms with Crippen molar-refractivity contribution in [3.63, 3.8) is 0 Å². The predicted octanol–water partition coefficient (Wildman–Crippen LogP) is 2.40. The number of likely N-dealkylation sites (N-methyl/N-ethyl adjacent to an activating group) is 1. The lowest BCUT2D eigenvalue weighted by Crippen LogP contribution is -2.30. The maximum atomic E-state index is 12.4. The van der Waals surface area contributed by atoms with Gasteiger partial charge in [-0.05, 0) is 35.4 Å². The average Bonchev–Trinajstić information content (AvgIpc) is 3.04. The lowest BCUT2D eigenvalue weighted by Gasteiger charge is -2.28. The molecule has 2 heterocycles. The summed E-state index contributed by atoms with van der Waals surface area (Å²) in [5.74, 6) is 0.523. The molecule has 0 bridgehead atoms. The largest absolute Gasteiger partial charge is 0.491 e. The van der Waals surface area contributed by atoms with E-state index in [0.29, 0.717) is 25.3 Å². The first-order valence-electron chi connectivity index (χ1n) is 9.37. The molecule has 2 N–H and O–H groups in total. The fraction of sp³-hybridized carbons (Fsp3) is 0.333. The van der Waals surface area contributed by atoms with E-state index in [-0.39, 0.29) is 31.1 Å². The number of amides is 3. The molecular weight excluding hydrogens is 358 g/mol. The predicted molar refractivity (Wildman–Crippen MR) is 106 cm³/mol. The van der Waals surface area contributed by atoms with Crippen LogP contribution in [0.4, 0.5) is 16.2 Å². The summed E-state index contributed by atoms with van der Waals surface area (Å²) in [6.45, 7) is 1.50. The third-order valence-corrected chi connectivity index (χ3v) is 5.22. The lowest BCUT2D eigenvalue weighted by atomic mass is 9.84. The zero-order valence-corrected chi connectivity index (χ0v) is 15.7. The number of aliphatic hydroxyl groups is 1. The van der Waals surface area contributed by atoms with Crippen LogP contribution in [0, 0.1) is 0 Å². The van der Waals surface area contributed by atoms with Crippen LogP contribution in [-0.4, -0.2) is 55.3 Å². The summed E-state index contributed by atoms with van der Waals surface area (Å²) >= 11 is 0. The number of nitrogens with zero attached hydrogens (tertiary/aromatic N) is 2. The van der Waals surface area contributed by atoms with E-state index in [2.05, 4.69) is 5.32 Å². The van der Waals surface area contributed by atoms with Gasteiger partial charge < -0.3 is 20.1 Å². The molecule has 28 heavy (non-hydrogen) atoms. The standard InChI is InChI=1S/C21H23N3O4/c1-23-7-8-24(21(23)27)15-5-6-17-18(13-20(26)22-19(17)12-15)14-3-2-4-16(11-14)28-10-9-25/h2-6,11-12,18,25H,7-10,13H2,1H3,(H,22,26). The molecule has 0 aliphatic carbocycles. The fourth-order valence-corrected chi connectivity index (χ4v) is 3.79. The van der Waals surface area contributed by atoms with E-state index in [4.69, 9.17) is 9.84 Å². The van der Waals surface area contributed by atoms with Crippen molar-refractivity contribution < 1.29 is 19.4 Å². The van der Waals surface area contributed by atoms with Gasteiger partial charge in [0.05, 0.1) is 6.61 Å². The first-order valence-corrected chi connectivity index (χ1v) is 9.37. The molecule has 2 aromatic carbocycles. The van der Waals surface area contributed by atoms with Crippen LogP contribution >= 0.6 is 0 Å². The molecule has 7 nitrogen and oxygen atoms in total. The molecule has 1 saturated heterocycles. The third kappa shape index (κ3) is 3.41. The van der Waals surface area contributed by atoms with E-state index >= 15 is 0 Å². The quantitative estimate of drug-likeness (QED) is 0.833. The van der Waals surface area contributed by atoms with E-state index in [1.807, 2.05) is 42.5 Å². The minimum atomic E-state index is -0.0903. The number of benzene rings is 2. The number of carbonyl (C=O) groups excluding carboxylic acids is 2. The molecule has 0 saturated carbocycles. The van der Waals surface area contributed by atoms with Gasteiger partial charge in [0.25, 0.3) is 0 Å². The minimum absolute atomic E-state index is 0.0348. The number of fused-ring (bicyclic) bond motifs is 1. The number of urea groups is 1. The van der Waals surface area contributed by atoms with Crippen molar-refractivity contribution in [3.05, 3.63) is 53.6 Å². The summed E-state index contributed by atoms with van der Waals surface area (Å²) in [7, 11) is 1.78. The summed E-state index contributed by atoms with van der Waals surface area (Å²) in [6.07, 6.45) is 0.348. The van der Waals surface area contributed by atoms with Gasteiger partial charge in [-0.2, -0.15) is 0 Å². The summed E-state index contributed by atoms with van der Waals surface area (Å²) in [5, 5.41) is 11.9. The van der Waals surface area contributed by atoms with Crippen LogP contribution in [0.5, 0.6) is 5.75 Å². The maximum Gasteiger partial charge on any atom is 0.324 e. The van der Waals surface area contributed by atoms with Crippen molar-refractivity contribution in [2.45, 2.75) is 12.3 Å². The number of aliphatic hydroxyl groups excluding tert-OH is 1. The summed E-state index contributed by atoms with van der Waals surface area (Å²) in [5.41, 5.74) is 3.52. The minimum Gasteiger partial charge on any atom is -0.491 e. The van der Waals surface area contributed by atoms with Gasteiger partial charge in [0, 0.05) is 43.9 Å². The van der Waals surface area contributed by atoms with Crippen molar-refractivity contribution in [2.75, 3.05) is 43.6 Å². The average molecular weight is 381 g/mol. The molecular formula is C21H23N3O4. The van der Waals surface area contributed by atoms with Crippen molar-refractivity contribution in [3.8, 4) is 5.75 Å². The van der Waals surface area contributed by atoms with Crippen molar-refractivity contribution >= 4 is 23.3 Å². The zero-order chi connectivity index (χ0) is 19.7. The molecule has 1 unspecified atom stereocenters. The number of nitrogens with one attached hydrogen (secondary N) is 1. The van der Waals surface area contributed by atoms with Crippen molar-refractivity contribution in [2.24, 2.45) is 0 Å². The van der Waals surface area contributed by atoms with Gasteiger partial charge in [0.15, 0.2) is 0 Å². The number of rotatable bonds is 5. The highest BCUT2D eigenvalue weighted by molar-refractivity contribution is 5.98. The summed E-state index contributed by atoms with van der Waals surface area (Å²) in [6, 6.07) is 13.4. The lowest BCUT2D eigenvalue weighted by molar-refractivity contribution is -0.116. The highest BCUT2D eigenvalue weighted by atomic mass is 16.5. The van der Waals surface area contributed by atoms with Gasteiger partial charge in [0.1, 0.15) is 12.4 Å². The van der Waals surface area contributed by atoms with Crippen LogP contribution < -0.4 is 15.0 Å². The number of hydrogen-bond donors (Lipinski definition) is 2. The van der Waals surface area contributed by atoms with Crippen LogP contribution in [-0.2, 0) is 4.79 Å². The first kappa shape index (κ1) is 18.3. The third-order valence-electron chi connectivity index (χ3n) is 5.22. The monoisotopic (exact) mass is 381 g/mol. The van der Waals surface area contributed by atoms with E-state index in [0.717, 1.165) is 22.5 Å². The molecule has 2 aliphatic rings. The van der Waals surface area contributed by atoms with Crippen molar-refractivity contribution in [1.29, 1.82) is 0 Å². The Bertz CT molecular complexity index is 914. The van der Waals surface area contributed by atoms with Gasteiger partial charge in [0.2, 0.25) is 5.91 Å². The Labute approximate surface area is 163 Å². The van der Waals surface area contributed by atoms with E-state index in [9.17, 15) is 9.59 Å². The van der Waals surface area contributed by atoms with Crippen LogP contribution in [0.15, 0.2) is 42.5 Å². The molecule has 0 radical (unpaired) electrons. The highest BCUT2D eigenvalue weighted by Gasteiger charge is 2.30. The molecule has 2 aromatic rings. The number of anilines is 2. The van der Waals surface area contributed by atoms with E-state index in [1.54, 1.807) is 16.8 Å². The topological polar surface area (TPSA) is 82.1 Å². The van der Waals surface area contributed by atoms with Gasteiger partial charge in [-0.1, -0.05) is 18.2 Å². The Kier molecular flexibility index (Phi) is 4.92. The SMILES string of the molecule is CN1CCN(c2ccc3c(c2)NC(=O)CC3c2cccc(OCCO)c2)C1=O. The van der Waals surface area contributed by atoms with Gasteiger partial charge in [-0.15, -0.1) is 0 Å². The molecule has 7 heteroatoms. The fourth-order valence-electron chi connectivity index (χ4n) is 3.79. The second-order valence-electron chi connectivity index (χ2n) is 7.08. The smallest absolute Gasteiger partial charge is 0.324 e. The van der Waals surface area contributed by atoms with E-state index in [1.165, 1.54) is 0 Å². The Morgan fingerprint density at radius 3 is 2.79 bits per heavy atom. The Morgan fingerprint density at radius 2 is 2.04 bits per heavy atom. The molecule has 146 valence electrons. The first-order chi connectivity index (χ1) is 13.6. The molecule has 3 amide bonds. The Morgan fingerprint density at radius 1 is 1.18 bits per heavy atom. The zero-order valence-electron chi connectivity index (χ0n) is 15.7. The second kappa shape index (κ2) is 7.52. The van der Waals surface area contributed by atoms with Crippen molar-refractivity contribution in [1.82, 2.24) is 4.90 Å². The number of ether oxygens (including phenoxy) is 1. The second-order valence-corrected chi connectivity index (χ2v) is 7.08. The normalized spacial score (nSPS) is 18.9. The molecule has 1 fully saturated rings. The Hall–Kier alpha value is -3.06. The Balaban J connectivity index is 1.66. The number of carbonyl (C=O) groups is 2. The molecule has 0 spiro atoms. The van der Waals surface area contributed by atoms with Gasteiger partial charge in [-0.25, -0.2) is 4.79 Å². The van der Waals surface area contributed by atoms with Crippen LogP contribution in [0.2, 0.25) is 0 Å². The van der Waals surface area contributed by atoms with Crippen LogP contribution in [0.3, 0.4) is 0 Å². The highest BCUT2D eigenvalue weighted by Crippen LogP contribution is 2.40. The molecule has 1 atom stereocenters. The maximum absolute atomic E-state index is 12.4.